The first-order valence-electron chi connectivity index (χ1n) is 12.1. The topological polar surface area (TPSA) is 74.4 Å². The number of hydrogen-bond acceptors (Lipinski definition) is 3. The summed E-state index contributed by atoms with van der Waals surface area (Å²) in [5, 5.41) is 4.09. The molecule has 0 saturated carbocycles. The van der Waals surface area contributed by atoms with E-state index in [2.05, 4.69) is 22.4 Å². The lowest BCUT2D eigenvalue weighted by Gasteiger charge is -2.15. The molecule has 6 nitrogen and oxygen atoms in total. The van der Waals surface area contributed by atoms with Crippen LogP contribution in [0.3, 0.4) is 0 Å². The Morgan fingerprint density at radius 3 is 2.37 bits per heavy atom. The van der Waals surface area contributed by atoms with Crippen LogP contribution in [0.1, 0.15) is 35.2 Å². The highest BCUT2D eigenvalue weighted by atomic mass is 16.5. The van der Waals surface area contributed by atoms with Gasteiger partial charge in [0.25, 0.3) is 5.91 Å². The fraction of sp³-hybridized carbons (Fsp3) is 0.241. The SMILES string of the molecule is COc1ccc(-c2[nH]c3ccccc3c2CCC(=O)Nc2ccc(C(=O)N3CCCC3)cc2)cc1. The average molecular weight is 468 g/mol. The number of amides is 2. The number of benzene rings is 3. The summed E-state index contributed by atoms with van der Waals surface area (Å²) < 4.78 is 5.29. The van der Waals surface area contributed by atoms with Crippen LogP contribution in [0.4, 0.5) is 5.69 Å². The number of H-pyrrole nitrogens is 1. The third kappa shape index (κ3) is 4.92. The Hall–Kier alpha value is -4.06. The maximum atomic E-state index is 12.8. The normalized spacial score (nSPS) is 13.2. The maximum Gasteiger partial charge on any atom is 0.253 e. The number of fused-ring (bicyclic) bond motifs is 1. The van der Waals surface area contributed by atoms with E-state index >= 15 is 0 Å². The molecule has 2 amide bonds. The first kappa shape index (κ1) is 22.7. The Morgan fingerprint density at radius 1 is 0.943 bits per heavy atom. The molecule has 0 atom stereocenters. The van der Waals surface area contributed by atoms with Gasteiger partial charge in [0.15, 0.2) is 0 Å². The van der Waals surface area contributed by atoms with Crippen LogP contribution in [0.5, 0.6) is 5.75 Å². The second-order valence-electron chi connectivity index (χ2n) is 8.88. The highest BCUT2D eigenvalue weighted by Crippen LogP contribution is 2.32. The Balaban J connectivity index is 1.28. The molecular weight excluding hydrogens is 438 g/mol. The van der Waals surface area contributed by atoms with Gasteiger partial charge in [-0.15, -0.1) is 0 Å². The predicted molar refractivity (Wildman–Crippen MR) is 139 cm³/mol. The van der Waals surface area contributed by atoms with E-state index in [9.17, 15) is 9.59 Å². The zero-order chi connectivity index (χ0) is 24.2. The van der Waals surface area contributed by atoms with Gasteiger partial charge in [-0.1, -0.05) is 18.2 Å². The van der Waals surface area contributed by atoms with Crippen LogP contribution >= 0.6 is 0 Å². The van der Waals surface area contributed by atoms with Gasteiger partial charge in [0.05, 0.1) is 7.11 Å². The number of aromatic nitrogens is 1. The molecule has 2 heterocycles. The van der Waals surface area contributed by atoms with Crippen molar-refractivity contribution in [1.82, 2.24) is 9.88 Å². The highest BCUT2D eigenvalue weighted by Gasteiger charge is 2.19. The summed E-state index contributed by atoms with van der Waals surface area (Å²) in [6.07, 6.45) is 3.08. The lowest BCUT2D eigenvalue weighted by Crippen LogP contribution is -2.27. The third-order valence-corrected chi connectivity index (χ3v) is 6.60. The van der Waals surface area contributed by atoms with Crippen LogP contribution in [0.25, 0.3) is 22.2 Å². The van der Waals surface area contributed by atoms with E-state index in [1.165, 1.54) is 0 Å². The zero-order valence-corrected chi connectivity index (χ0v) is 19.8. The molecule has 4 aromatic rings. The third-order valence-electron chi connectivity index (χ3n) is 6.60. The monoisotopic (exact) mass is 467 g/mol. The number of aromatic amines is 1. The molecule has 3 aromatic carbocycles. The number of ether oxygens (including phenoxy) is 1. The molecule has 1 fully saturated rings. The van der Waals surface area contributed by atoms with Gasteiger partial charge in [-0.25, -0.2) is 0 Å². The minimum absolute atomic E-state index is 0.0606. The van der Waals surface area contributed by atoms with E-state index in [1.54, 1.807) is 31.4 Å². The standard InChI is InChI=1S/C29H29N3O3/c1-35-23-14-10-20(11-15-23)28-25(24-6-2-3-7-26(24)31-28)16-17-27(33)30-22-12-8-21(9-13-22)29(34)32-18-4-5-19-32/h2-3,6-15,31H,4-5,16-19H2,1H3,(H,30,33). The number of carbonyl (C=O) groups excluding carboxylic acids is 2. The van der Waals surface area contributed by atoms with Gasteiger partial charge in [0.2, 0.25) is 5.91 Å². The van der Waals surface area contributed by atoms with Gasteiger partial charge >= 0.3 is 0 Å². The van der Waals surface area contributed by atoms with E-state index in [4.69, 9.17) is 4.74 Å². The molecule has 0 unspecified atom stereocenters. The molecular formula is C29H29N3O3. The molecule has 0 radical (unpaired) electrons. The Kier molecular flexibility index (Phi) is 6.53. The Morgan fingerprint density at radius 2 is 1.66 bits per heavy atom. The van der Waals surface area contributed by atoms with Crippen molar-refractivity contribution in [3.8, 4) is 17.0 Å². The molecule has 0 bridgehead atoms. The summed E-state index contributed by atoms with van der Waals surface area (Å²) in [5.74, 6) is 0.805. The number of nitrogens with one attached hydrogen (secondary N) is 2. The Bertz CT molecular complexity index is 1330. The van der Waals surface area contributed by atoms with Gasteiger partial charge in [0, 0.05) is 47.4 Å². The van der Waals surface area contributed by atoms with Crippen molar-refractivity contribution in [2.75, 3.05) is 25.5 Å². The van der Waals surface area contributed by atoms with Gasteiger partial charge in [0.1, 0.15) is 5.75 Å². The summed E-state index contributed by atoms with van der Waals surface area (Å²) in [4.78, 5) is 30.7. The second kappa shape index (κ2) is 10.1. The van der Waals surface area contributed by atoms with E-state index < -0.39 is 0 Å². The first-order valence-corrected chi connectivity index (χ1v) is 12.1. The van der Waals surface area contributed by atoms with Crippen LogP contribution in [0.15, 0.2) is 72.8 Å². The number of methoxy groups -OCH3 is 1. The minimum Gasteiger partial charge on any atom is -0.497 e. The molecule has 0 spiro atoms. The highest BCUT2D eigenvalue weighted by molar-refractivity contribution is 5.96. The average Bonchev–Trinajstić information content (AvgIpc) is 3.56. The number of likely N-dealkylation sites (tertiary alicyclic amines) is 1. The fourth-order valence-corrected chi connectivity index (χ4v) is 4.72. The summed E-state index contributed by atoms with van der Waals surface area (Å²) in [6, 6.07) is 23.3. The molecule has 1 aliphatic rings. The van der Waals surface area contributed by atoms with Crippen LogP contribution in [-0.4, -0.2) is 41.9 Å². The van der Waals surface area contributed by atoms with Crippen LogP contribution in [-0.2, 0) is 11.2 Å². The number of hydrogen-bond donors (Lipinski definition) is 2. The number of nitrogens with zero attached hydrogens (tertiary/aromatic N) is 1. The van der Waals surface area contributed by atoms with Crippen molar-refractivity contribution in [3.05, 3.63) is 83.9 Å². The first-order chi connectivity index (χ1) is 17.1. The smallest absolute Gasteiger partial charge is 0.253 e. The lowest BCUT2D eigenvalue weighted by molar-refractivity contribution is -0.116. The van der Waals surface area contributed by atoms with Crippen molar-refractivity contribution >= 4 is 28.4 Å². The van der Waals surface area contributed by atoms with Crippen molar-refractivity contribution < 1.29 is 14.3 Å². The van der Waals surface area contributed by atoms with Crippen molar-refractivity contribution in [2.24, 2.45) is 0 Å². The molecule has 6 heteroatoms. The van der Waals surface area contributed by atoms with Crippen LogP contribution < -0.4 is 10.1 Å². The molecule has 2 N–H and O–H groups in total. The van der Waals surface area contributed by atoms with Gasteiger partial charge in [-0.05, 0) is 85.0 Å². The van der Waals surface area contributed by atoms with E-state index in [0.29, 0.717) is 24.1 Å². The minimum atomic E-state index is -0.0606. The number of carbonyl (C=O) groups is 2. The van der Waals surface area contributed by atoms with Gasteiger partial charge in [-0.3, -0.25) is 9.59 Å². The largest absolute Gasteiger partial charge is 0.497 e. The molecule has 1 aliphatic heterocycles. The van der Waals surface area contributed by atoms with E-state index in [1.807, 2.05) is 41.3 Å². The fourth-order valence-electron chi connectivity index (χ4n) is 4.72. The molecule has 178 valence electrons. The van der Waals surface area contributed by atoms with Crippen LogP contribution in [0.2, 0.25) is 0 Å². The summed E-state index contributed by atoms with van der Waals surface area (Å²) >= 11 is 0. The number of anilines is 1. The molecule has 0 aliphatic carbocycles. The van der Waals surface area contributed by atoms with Crippen LogP contribution in [0, 0.1) is 0 Å². The van der Waals surface area contributed by atoms with Crippen molar-refractivity contribution in [2.45, 2.75) is 25.7 Å². The summed E-state index contributed by atoms with van der Waals surface area (Å²) in [6.45, 7) is 1.65. The van der Waals surface area contributed by atoms with E-state index in [-0.39, 0.29) is 11.8 Å². The van der Waals surface area contributed by atoms with E-state index in [0.717, 1.165) is 59.4 Å². The number of rotatable bonds is 7. The summed E-state index contributed by atoms with van der Waals surface area (Å²) in [7, 11) is 1.65. The molecule has 35 heavy (non-hydrogen) atoms. The molecule has 1 aromatic heterocycles. The zero-order valence-electron chi connectivity index (χ0n) is 19.8. The summed E-state index contributed by atoms with van der Waals surface area (Å²) in [5.41, 5.74) is 5.59. The second-order valence-corrected chi connectivity index (χ2v) is 8.88. The lowest BCUT2D eigenvalue weighted by atomic mass is 10.0. The Labute approximate surface area is 204 Å². The van der Waals surface area contributed by atoms with Crippen molar-refractivity contribution in [1.29, 1.82) is 0 Å². The van der Waals surface area contributed by atoms with Crippen molar-refractivity contribution in [3.63, 3.8) is 0 Å². The maximum absolute atomic E-state index is 12.8. The number of para-hydroxylation sites is 1. The van der Waals surface area contributed by atoms with Gasteiger partial charge < -0.3 is 19.9 Å². The predicted octanol–water partition coefficient (Wildman–Crippen LogP) is 5.65. The molecule has 1 saturated heterocycles. The van der Waals surface area contributed by atoms with Gasteiger partial charge in [-0.2, -0.15) is 0 Å². The quantitative estimate of drug-likeness (QED) is 0.369. The number of aryl methyl sites for hydroxylation is 1. The molecule has 5 rings (SSSR count).